The van der Waals surface area contributed by atoms with Crippen molar-refractivity contribution >= 4 is 46.3 Å². The van der Waals surface area contributed by atoms with Crippen LogP contribution < -0.4 is 0 Å². The summed E-state index contributed by atoms with van der Waals surface area (Å²) >= 11 is 5.98. The first-order chi connectivity index (χ1) is 14.8. The van der Waals surface area contributed by atoms with Gasteiger partial charge in [-0.1, -0.05) is 17.7 Å². The number of nitro benzene ring substituents is 1. The first kappa shape index (κ1) is 20.3. The SMILES string of the molecule is Cc1ccc(-c2ccc(C=Cc3cc(C(=O)O)c4cc(Cl)ccc4n3)o2)c([N+](=O)[O-])c1. The number of benzene rings is 2. The molecular weight excluding hydrogens is 420 g/mol. The van der Waals surface area contributed by atoms with Crippen molar-refractivity contribution in [1.29, 1.82) is 0 Å². The fourth-order valence-electron chi connectivity index (χ4n) is 3.24. The fourth-order valence-corrected chi connectivity index (χ4v) is 3.41. The summed E-state index contributed by atoms with van der Waals surface area (Å²) in [7, 11) is 0. The number of aryl methyl sites for hydroxylation is 1. The molecule has 0 aliphatic heterocycles. The van der Waals surface area contributed by atoms with Crippen LogP contribution in [0.15, 0.2) is 59.0 Å². The van der Waals surface area contributed by atoms with Crippen LogP contribution >= 0.6 is 11.6 Å². The maximum Gasteiger partial charge on any atom is 0.336 e. The lowest BCUT2D eigenvalue weighted by atomic mass is 10.1. The lowest BCUT2D eigenvalue weighted by molar-refractivity contribution is -0.384. The molecule has 154 valence electrons. The number of rotatable bonds is 5. The van der Waals surface area contributed by atoms with Crippen molar-refractivity contribution < 1.29 is 19.2 Å². The predicted octanol–water partition coefficient (Wildman–Crippen LogP) is 6.23. The highest BCUT2D eigenvalue weighted by molar-refractivity contribution is 6.31. The molecule has 0 saturated heterocycles. The van der Waals surface area contributed by atoms with Gasteiger partial charge in [0.2, 0.25) is 0 Å². The van der Waals surface area contributed by atoms with Crippen LogP contribution in [0.5, 0.6) is 0 Å². The van der Waals surface area contributed by atoms with Crippen molar-refractivity contribution in [2.45, 2.75) is 6.92 Å². The van der Waals surface area contributed by atoms with Crippen LogP contribution in [0, 0.1) is 17.0 Å². The Kier molecular flexibility index (Phi) is 5.27. The molecule has 4 rings (SSSR count). The number of nitrogens with zero attached hydrogens (tertiary/aromatic N) is 2. The number of carbonyl (C=O) groups is 1. The zero-order chi connectivity index (χ0) is 22.1. The van der Waals surface area contributed by atoms with Gasteiger partial charge in [-0.2, -0.15) is 0 Å². The Labute approximate surface area is 181 Å². The van der Waals surface area contributed by atoms with Gasteiger partial charge in [0, 0.05) is 16.5 Å². The molecular formula is C23H15ClN2O5. The van der Waals surface area contributed by atoms with Crippen LogP contribution in [0.2, 0.25) is 5.02 Å². The molecule has 0 radical (unpaired) electrons. The molecule has 4 aromatic rings. The third-order valence-electron chi connectivity index (χ3n) is 4.68. The van der Waals surface area contributed by atoms with Gasteiger partial charge in [-0.15, -0.1) is 0 Å². The highest BCUT2D eigenvalue weighted by Crippen LogP contribution is 2.32. The number of fused-ring (bicyclic) bond motifs is 1. The number of hydrogen-bond donors (Lipinski definition) is 1. The standard InChI is InChI=1S/C23H15ClN2O5/c1-13-2-7-17(21(10-13)26(29)30)22-9-6-16(31-22)5-4-15-12-19(23(27)28)18-11-14(24)3-8-20(18)25-15/h2-12H,1H3,(H,27,28). The second-order valence-electron chi connectivity index (χ2n) is 6.87. The minimum atomic E-state index is -1.09. The minimum Gasteiger partial charge on any atom is -0.478 e. The van der Waals surface area contributed by atoms with Crippen molar-refractivity contribution in [3.05, 3.63) is 92.3 Å². The average Bonchev–Trinajstić information content (AvgIpc) is 3.20. The number of carboxylic acid groups (broad SMARTS) is 1. The topological polar surface area (TPSA) is 106 Å². The zero-order valence-corrected chi connectivity index (χ0v) is 17.0. The summed E-state index contributed by atoms with van der Waals surface area (Å²) in [5, 5.41) is 21.8. The Bertz CT molecular complexity index is 1370. The number of pyridine rings is 1. The molecule has 1 N–H and O–H groups in total. The molecule has 0 atom stereocenters. The summed E-state index contributed by atoms with van der Waals surface area (Å²) in [5.41, 5.74) is 2.13. The van der Waals surface area contributed by atoms with E-state index in [1.54, 1.807) is 61.5 Å². The Hall–Kier alpha value is -3.97. The zero-order valence-electron chi connectivity index (χ0n) is 16.2. The van der Waals surface area contributed by atoms with E-state index in [0.29, 0.717) is 38.7 Å². The van der Waals surface area contributed by atoms with E-state index in [9.17, 15) is 20.0 Å². The van der Waals surface area contributed by atoms with Crippen LogP contribution in [0.3, 0.4) is 0 Å². The molecule has 2 heterocycles. The molecule has 0 unspecified atom stereocenters. The highest BCUT2D eigenvalue weighted by atomic mass is 35.5. The van der Waals surface area contributed by atoms with Gasteiger partial charge < -0.3 is 9.52 Å². The number of hydrogen-bond acceptors (Lipinski definition) is 5. The van der Waals surface area contributed by atoms with Gasteiger partial charge in [0.15, 0.2) is 0 Å². The molecule has 7 nitrogen and oxygen atoms in total. The normalized spacial score (nSPS) is 11.3. The maximum absolute atomic E-state index is 11.7. The molecule has 0 aliphatic rings. The van der Waals surface area contributed by atoms with Crippen molar-refractivity contribution in [2.24, 2.45) is 0 Å². The van der Waals surface area contributed by atoms with E-state index in [4.69, 9.17) is 16.0 Å². The summed E-state index contributed by atoms with van der Waals surface area (Å²) in [6.07, 6.45) is 3.24. The Morgan fingerprint density at radius 3 is 2.68 bits per heavy atom. The van der Waals surface area contributed by atoms with Crippen molar-refractivity contribution in [1.82, 2.24) is 4.98 Å². The molecule has 2 aromatic carbocycles. The van der Waals surface area contributed by atoms with Gasteiger partial charge >= 0.3 is 5.97 Å². The van der Waals surface area contributed by atoms with Crippen molar-refractivity contribution in [2.75, 3.05) is 0 Å². The molecule has 8 heteroatoms. The maximum atomic E-state index is 11.7. The van der Waals surface area contributed by atoms with Crippen LogP contribution in [0.4, 0.5) is 5.69 Å². The number of carboxylic acids is 1. The number of aromatic nitrogens is 1. The highest BCUT2D eigenvalue weighted by Gasteiger charge is 2.18. The van der Waals surface area contributed by atoms with E-state index in [1.165, 1.54) is 12.1 Å². The number of nitro groups is 1. The molecule has 0 amide bonds. The van der Waals surface area contributed by atoms with Crippen LogP contribution in [-0.4, -0.2) is 21.0 Å². The first-order valence-corrected chi connectivity index (χ1v) is 9.56. The van der Waals surface area contributed by atoms with Gasteiger partial charge in [0.25, 0.3) is 5.69 Å². The second kappa shape index (κ2) is 8.04. The molecule has 31 heavy (non-hydrogen) atoms. The van der Waals surface area contributed by atoms with Gasteiger partial charge in [0.1, 0.15) is 11.5 Å². The monoisotopic (exact) mass is 434 g/mol. The summed E-state index contributed by atoms with van der Waals surface area (Å²) in [6.45, 7) is 1.78. The van der Waals surface area contributed by atoms with E-state index < -0.39 is 10.9 Å². The second-order valence-corrected chi connectivity index (χ2v) is 7.31. The lowest BCUT2D eigenvalue weighted by Gasteiger charge is -2.05. The van der Waals surface area contributed by atoms with E-state index in [1.807, 2.05) is 0 Å². The molecule has 0 spiro atoms. The van der Waals surface area contributed by atoms with Gasteiger partial charge in [-0.05, 0) is 67.1 Å². The van der Waals surface area contributed by atoms with Crippen molar-refractivity contribution in [3.63, 3.8) is 0 Å². The Morgan fingerprint density at radius 2 is 1.94 bits per heavy atom. The van der Waals surface area contributed by atoms with Crippen LogP contribution in [0.25, 0.3) is 34.4 Å². The molecule has 2 aromatic heterocycles. The van der Waals surface area contributed by atoms with Gasteiger partial charge in [-0.3, -0.25) is 10.1 Å². The number of furan rings is 1. The van der Waals surface area contributed by atoms with E-state index in [-0.39, 0.29) is 11.3 Å². The van der Waals surface area contributed by atoms with E-state index in [0.717, 1.165) is 5.56 Å². The summed E-state index contributed by atoms with van der Waals surface area (Å²) in [5.74, 6) is -0.283. The third-order valence-corrected chi connectivity index (χ3v) is 4.92. The largest absolute Gasteiger partial charge is 0.478 e. The molecule has 0 bridgehead atoms. The minimum absolute atomic E-state index is 0.0363. The quantitative estimate of drug-likeness (QED) is 0.294. The summed E-state index contributed by atoms with van der Waals surface area (Å²) in [4.78, 5) is 27.0. The Balaban J connectivity index is 1.69. The lowest BCUT2D eigenvalue weighted by Crippen LogP contribution is -2.00. The van der Waals surface area contributed by atoms with Crippen LogP contribution in [-0.2, 0) is 0 Å². The average molecular weight is 435 g/mol. The predicted molar refractivity (Wildman–Crippen MR) is 118 cm³/mol. The smallest absolute Gasteiger partial charge is 0.336 e. The van der Waals surface area contributed by atoms with Gasteiger partial charge in [0.05, 0.1) is 27.3 Å². The summed E-state index contributed by atoms with van der Waals surface area (Å²) in [6, 6.07) is 14.6. The number of aromatic carboxylic acids is 1. The summed E-state index contributed by atoms with van der Waals surface area (Å²) < 4.78 is 5.75. The first-order valence-electron chi connectivity index (χ1n) is 9.19. The van der Waals surface area contributed by atoms with Crippen molar-refractivity contribution in [3.8, 4) is 11.3 Å². The molecule has 0 fully saturated rings. The number of halogens is 1. The molecule has 0 saturated carbocycles. The van der Waals surface area contributed by atoms with Gasteiger partial charge in [-0.25, -0.2) is 9.78 Å². The fraction of sp³-hybridized carbons (Fsp3) is 0.0435. The van der Waals surface area contributed by atoms with E-state index in [2.05, 4.69) is 4.98 Å². The molecule has 0 aliphatic carbocycles. The van der Waals surface area contributed by atoms with Crippen LogP contribution in [0.1, 0.15) is 27.4 Å². The van der Waals surface area contributed by atoms with E-state index >= 15 is 0 Å². The Morgan fingerprint density at radius 1 is 1.13 bits per heavy atom. The third kappa shape index (κ3) is 4.17.